The maximum Gasteiger partial charge on any atom is 0.298 e. The van der Waals surface area contributed by atoms with E-state index in [4.69, 9.17) is 4.42 Å². The van der Waals surface area contributed by atoms with Crippen LogP contribution in [0.4, 0.5) is 6.01 Å². The molecule has 0 spiro atoms. The largest absolute Gasteiger partial charge is 0.423 e. The smallest absolute Gasteiger partial charge is 0.298 e. The second-order valence-electron chi connectivity index (χ2n) is 4.86. The SMILES string of the molecule is CNCC(=O)N1CCN(c2nc3ccccc3o2)CC1.Cl. The van der Waals surface area contributed by atoms with Crippen molar-refractivity contribution in [2.24, 2.45) is 0 Å². The van der Waals surface area contributed by atoms with Gasteiger partial charge in [-0.2, -0.15) is 4.98 Å². The molecule has 1 fully saturated rings. The van der Waals surface area contributed by atoms with E-state index in [1.807, 2.05) is 29.2 Å². The molecule has 0 radical (unpaired) electrons. The first kappa shape index (κ1) is 15.6. The van der Waals surface area contributed by atoms with Crippen molar-refractivity contribution in [2.45, 2.75) is 0 Å². The monoisotopic (exact) mass is 310 g/mol. The van der Waals surface area contributed by atoms with Crippen LogP contribution in [0.3, 0.4) is 0 Å². The third-order valence-electron chi connectivity index (χ3n) is 3.51. The number of rotatable bonds is 3. The number of oxazole rings is 1. The fourth-order valence-corrected chi connectivity index (χ4v) is 2.41. The molecular formula is C14H19ClN4O2. The number of piperazine rings is 1. The van der Waals surface area contributed by atoms with Crippen molar-refractivity contribution in [1.82, 2.24) is 15.2 Å². The van der Waals surface area contributed by atoms with Gasteiger partial charge in [0, 0.05) is 26.2 Å². The Morgan fingerprint density at radius 3 is 2.67 bits per heavy atom. The Morgan fingerprint density at radius 2 is 2.00 bits per heavy atom. The molecule has 114 valence electrons. The van der Waals surface area contributed by atoms with Gasteiger partial charge in [0.1, 0.15) is 5.52 Å². The molecule has 21 heavy (non-hydrogen) atoms. The van der Waals surface area contributed by atoms with Gasteiger partial charge in [-0.1, -0.05) is 12.1 Å². The molecular weight excluding hydrogens is 292 g/mol. The molecule has 0 aliphatic carbocycles. The maximum atomic E-state index is 11.8. The predicted molar refractivity (Wildman–Crippen MR) is 84.0 cm³/mol. The van der Waals surface area contributed by atoms with Crippen molar-refractivity contribution in [3.8, 4) is 0 Å². The van der Waals surface area contributed by atoms with Crippen molar-refractivity contribution in [1.29, 1.82) is 0 Å². The van der Waals surface area contributed by atoms with Crippen LogP contribution in [-0.4, -0.2) is 55.6 Å². The van der Waals surface area contributed by atoms with Crippen LogP contribution in [0.5, 0.6) is 0 Å². The number of nitrogens with one attached hydrogen (secondary N) is 1. The lowest BCUT2D eigenvalue weighted by Gasteiger charge is -2.33. The molecule has 3 rings (SSSR count). The Labute approximate surface area is 129 Å². The van der Waals surface area contributed by atoms with Crippen LogP contribution in [0, 0.1) is 0 Å². The van der Waals surface area contributed by atoms with Gasteiger partial charge in [0.15, 0.2) is 5.58 Å². The summed E-state index contributed by atoms with van der Waals surface area (Å²) in [6.45, 7) is 3.31. The minimum atomic E-state index is 0. The number of hydrogen-bond donors (Lipinski definition) is 1. The van der Waals surface area contributed by atoms with Crippen molar-refractivity contribution < 1.29 is 9.21 Å². The van der Waals surface area contributed by atoms with E-state index in [1.165, 1.54) is 0 Å². The number of likely N-dealkylation sites (N-methyl/N-ethyl adjacent to an activating group) is 1. The zero-order chi connectivity index (χ0) is 13.9. The topological polar surface area (TPSA) is 61.6 Å². The minimum Gasteiger partial charge on any atom is -0.423 e. The standard InChI is InChI=1S/C14H18N4O2.ClH/c1-15-10-13(19)17-6-8-18(9-7-17)14-16-11-4-2-3-5-12(11)20-14;/h2-5,15H,6-10H2,1H3;1H. The highest BCUT2D eigenvalue weighted by atomic mass is 35.5. The van der Waals surface area contributed by atoms with E-state index in [0.29, 0.717) is 25.6 Å². The fraction of sp³-hybridized carbons (Fsp3) is 0.429. The van der Waals surface area contributed by atoms with Crippen molar-refractivity contribution in [3.63, 3.8) is 0 Å². The number of carbonyl (C=O) groups excluding carboxylic acids is 1. The molecule has 2 heterocycles. The van der Waals surface area contributed by atoms with Gasteiger partial charge in [0.25, 0.3) is 6.01 Å². The molecule has 7 heteroatoms. The molecule has 0 saturated carbocycles. The summed E-state index contributed by atoms with van der Waals surface area (Å²) >= 11 is 0. The number of para-hydroxylation sites is 2. The van der Waals surface area contributed by atoms with E-state index in [1.54, 1.807) is 7.05 Å². The van der Waals surface area contributed by atoms with Gasteiger partial charge in [-0.3, -0.25) is 4.79 Å². The van der Waals surface area contributed by atoms with Crippen molar-refractivity contribution in [2.75, 3.05) is 44.7 Å². The number of halogens is 1. The van der Waals surface area contributed by atoms with Gasteiger partial charge in [-0.05, 0) is 19.2 Å². The number of carbonyl (C=O) groups is 1. The van der Waals surface area contributed by atoms with E-state index in [-0.39, 0.29) is 18.3 Å². The van der Waals surface area contributed by atoms with Crippen LogP contribution in [0.15, 0.2) is 28.7 Å². The Balaban J connectivity index is 0.00000161. The Morgan fingerprint density at radius 1 is 1.29 bits per heavy atom. The number of amides is 1. The normalized spacial score (nSPS) is 15.1. The Hall–Kier alpha value is -1.79. The average Bonchev–Trinajstić information content (AvgIpc) is 2.91. The number of hydrogen-bond acceptors (Lipinski definition) is 5. The van der Waals surface area contributed by atoms with Crippen LogP contribution in [-0.2, 0) is 4.79 Å². The van der Waals surface area contributed by atoms with E-state index in [9.17, 15) is 4.79 Å². The summed E-state index contributed by atoms with van der Waals surface area (Å²) in [6.07, 6.45) is 0. The zero-order valence-corrected chi connectivity index (χ0v) is 12.7. The highest BCUT2D eigenvalue weighted by Crippen LogP contribution is 2.22. The average molecular weight is 311 g/mol. The van der Waals surface area contributed by atoms with Gasteiger partial charge in [0.2, 0.25) is 5.91 Å². The summed E-state index contributed by atoms with van der Waals surface area (Å²) in [4.78, 5) is 20.2. The first-order valence-corrected chi connectivity index (χ1v) is 6.81. The van der Waals surface area contributed by atoms with Gasteiger partial charge < -0.3 is 19.5 Å². The number of nitrogens with zero attached hydrogens (tertiary/aromatic N) is 3. The summed E-state index contributed by atoms with van der Waals surface area (Å²) in [5.41, 5.74) is 1.67. The lowest BCUT2D eigenvalue weighted by Crippen LogP contribution is -2.50. The molecule has 1 aliphatic rings. The molecule has 0 atom stereocenters. The summed E-state index contributed by atoms with van der Waals surface area (Å²) < 4.78 is 5.75. The molecule has 1 aromatic carbocycles. The number of anilines is 1. The molecule has 2 aromatic rings. The Bertz CT molecular complexity index is 575. The molecule has 0 bridgehead atoms. The molecule has 6 nitrogen and oxygen atoms in total. The second-order valence-corrected chi connectivity index (χ2v) is 4.86. The van der Waals surface area contributed by atoms with Gasteiger partial charge in [-0.15, -0.1) is 12.4 Å². The predicted octanol–water partition coefficient (Wildman–Crippen LogP) is 1.12. The highest BCUT2D eigenvalue weighted by molar-refractivity contribution is 5.85. The zero-order valence-electron chi connectivity index (χ0n) is 11.9. The Kier molecular flexibility index (Phi) is 5.03. The van der Waals surface area contributed by atoms with Gasteiger partial charge >= 0.3 is 0 Å². The summed E-state index contributed by atoms with van der Waals surface area (Å²) in [7, 11) is 1.78. The number of benzene rings is 1. The van der Waals surface area contributed by atoms with Gasteiger partial charge in [0.05, 0.1) is 6.54 Å². The van der Waals surface area contributed by atoms with E-state index < -0.39 is 0 Å². The van der Waals surface area contributed by atoms with Crippen LogP contribution >= 0.6 is 12.4 Å². The summed E-state index contributed by atoms with van der Waals surface area (Å²) in [6, 6.07) is 8.38. The van der Waals surface area contributed by atoms with Crippen molar-refractivity contribution >= 4 is 35.4 Å². The third kappa shape index (κ3) is 3.28. The lowest BCUT2D eigenvalue weighted by atomic mass is 10.3. The second kappa shape index (κ2) is 6.78. The quantitative estimate of drug-likeness (QED) is 0.920. The highest BCUT2D eigenvalue weighted by Gasteiger charge is 2.23. The molecule has 1 N–H and O–H groups in total. The molecule has 1 aromatic heterocycles. The van der Waals surface area contributed by atoms with E-state index in [0.717, 1.165) is 24.2 Å². The lowest BCUT2D eigenvalue weighted by molar-refractivity contribution is -0.130. The van der Waals surface area contributed by atoms with Crippen molar-refractivity contribution in [3.05, 3.63) is 24.3 Å². The molecule has 1 saturated heterocycles. The summed E-state index contributed by atoms with van der Waals surface area (Å²) in [5.74, 6) is 0.143. The summed E-state index contributed by atoms with van der Waals surface area (Å²) in [5, 5.41) is 2.89. The number of aromatic nitrogens is 1. The fourth-order valence-electron chi connectivity index (χ4n) is 2.41. The van der Waals surface area contributed by atoms with Crippen LogP contribution in [0.1, 0.15) is 0 Å². The van der Waals surface area contributed by atoms with Gasteiger partial charge in [-0.25, -0.2) is 0 Å². The first-order valence-electron chi connectivity index (χ1n) is 6.81. The van der Waals surface area contributed by atoms with E-state index >= 15 is 0 Å². The van der Waals surface area contributed by atoms with Crippen LogP contribution in [0.25, 0.3) is 11.1 Å². The molecule has 0 unspecified atom stereocenters. The number of fused-ring (bicyclic) bond motifs is 1. The minimum absolute atomic E-state index is 0. The molecule has 1 amide bonds. The maximum absolute atomic E-state index is 11.8. The van der Waals surface area contributed by atoms with Crippen LogP contribution < -0.4 is 10.2 Å². The van der Waals surface area contributed by atoms with Crippen LogP contribution in [0.2, 0.25) is 0 Å². The third-order valence-corrected chi connectivity index (χ3v) is 3.51. The van der Waals surface area contributed by atoms with E-state index in [2.05, 4.69) is 15.2 Å². The first-order chi connectivity index (χ1) is 9.78. The molecule has 1 aliphatic heterocycles.